The van der Waals surface area contributed by atoms with Gasteiger partial charge in [-0.25, -0.2) is 0 Å². The van der Waals surface area contributed by atoms with Crippen molar-refractivity contribution in [2.75, 3.05) is 25.6 Å². The SMILES string of the molecule is CC1(CSC2CCOCC2)CO1. The van der Waals surface area contributed by atoms with Crippen molar-refractivity contribution in [1.82, 2.24) is 0 Å². The van der Waals surface area contributed by atoms with Gasteiger partial charge in [-0.05, 0) is 19.8 Å². The van der Waals surface area contributed by atoms with Crippen molar-refractivity contribution in [2.45, 2.75) is 30.6 Å². The highest BCUT2D eigenvalue weighted by Crippen LogP contribution is 2.33. The number of rotatable bonds is 3. The van der Waals surface area contributed by atoms with Crippen molar-refractivity contribution < 1.29 is 9.47 Å². The molecule has 1 unspecified atom stereocenters. The van der Waals surface area contributed by atoms with Crippen molar-refractivity contribution in [3.05, 3.63) is 0 Å². The molecule has 3 heteroatoms. The Bertz CT molecular complexity index is 151. The van der Waals surface area contributed by atoms with Crippen LogP contribution in [-0.2, 0) is 9.47 Å². The Hall–Kier alpha value is 0.270. The first-order valence-electron chi connectivity index (χ1n) is 4.62. The van der Waals surface area contributed by atoms with Crippen LogP contribution in [0.2, 0.25) is 0 Å². The third-order valence-corrected chi connectivity index (χ3v) is 4.15. The summed E-state index contributed by atoms with van der Waals surface area (Å²) in [5.41, 5.74) is 0.225. The van der Waals surface area contributed by atoms with E-state index in [1.165, 1.54) is 12.8 Å². The summed E-state index contributed by atoms with van der Waals surface area (Å²) in [6.45, 7) is 5.06. The maximum absolute atomic E-state index is 5.33. The maximum Gasteiger partial charge on any atom is 0.0978 e. The second kappa shape index (κ2) is 3.56. The van der Waals surface area contributed by atoms with Crippen LogP contribution in [0.1, 0.15) is 19.8 Å². The number of epoxide rings is 1. The van der Waals surface area contributed by atoms with Crippen LogP contribution in [0.3, 0.4) is 0 Å². The molecular formula is C9H16O2S. The van der Waals surface area contributed by atoms with Crippen LogP contribution in [0.5, 0.6) is 0 Å². The average molecular weight is 188 g/mol. The molecule has 1 atom stereocenters. The van der Waals surface area contributed by atoms with Gasteiger partial charge in [0.05, 0.1) is 12.2 Å². The van der Waals surface area contributed by atoms with E-state index in [2.05, 4.69) is 18.7 Å². The van der Waals surface area contributed by atoms with E-state index < -0.39 is 0 Å². The molecule has 2 nitrogen and oxygen atoms in total. The summed E-state index contributed by atoms with van der Waals surface area (Å²) in [6, 6.07) is 0. The van der Waals surface area contributed by atoms with Crippen LogP contribution in [0, 0.1) is 0 Å². The molecule has 2 rings (SSSR count). The molecule has 0 aromatic rings. The zero-order valence-electron chi connectivity index (χ0n) is 7.54. The topological polar surface area (TPSA) is 21.8 Å². The van der Waals surface area contributed by atoms with E-state index in [1.54, 1.807) is 0 Å². The van der Waals surface area contributed by atoms with Crippen LogP contribution in [0.4, 0.5) is 0 Å². The van der Waals surface area contributed by atoms with Crippen LogP contribution in [-0.4, -0.2) is 36.4 Å². The second-order valence-electron chi connectivity index (χ2n) is 3.86. The van der Waals surface area contributed by atoms with Gasteiger partial charge in [0.1, 0.15) is 0 Å². The minimum Gasteiger partial charge on any atom is -0.381 e. The molecule has 70 valence electrons. The highest BCUT2D eigenvalue weighted by molar-refractivity contribution is 8.00. The molecule has 2 fully saturated rings. The lowest BCUT2D eigenvalue weighted by Crippen LogP contribution is -2.20. The zero-order chi connectivity index (χ0) is 8.44. The fourth-order valence-corrected chi connectivity index (χ4v) is 2.62. The van der Waals surface area contributed by atoms with Crippen molar-refractivity contribution in [1.29, 1.82) is 0 Å². The first-order valence-corrected chi connectivity index (χ1v) is 5.67. The third kappa shape index (κ3) is 2.38. The molecule has 0 aromatic heterocycles. The maximum atomic E-state index is 5.33. The number of thioether (sulfide) groups is 1. The zero-order valence-corrected chi connectivity index (χ0v) is 8.36. The molecule has 0 spiro atoms. The molecular weight excluding hydrogens is 172 g/mol. The number of hydrogen-bond donors (Lipinski definition) is 0. The lowest BCUT2D eigenvalue weighted by atomic mass is 10.2. The standard InChI is InChI=1S/C9H16O2S/c1-9(6-11-9)7-12-8-2-4-10-5-3-8/h8H,2-7H2,1H3. The Balaban J connectivity index is 1.65. The highest BCUT2D eigenvalue weighted by atomic mass is 32.2. The Labute approximate surface area is 78.0 Å². The molecule has 2 heterocycles. The van der Waals surface area contributed by atoms with Gasteiger partial charge in [0.15, 0.2) is 0 Å². The van der Waals surface area contributed by atoms with Gasteiger partial charge in [0.2, 0.25) is 0 Å². The van der Waals surface area contributed by atoms with Gasteiger partial charge in [-0.3, -0.25) is 0 Å². The third-order valence-electron chi connectivity index (χ3n) is 2.43. The Morgan fingerprint density at radius 2 is 2.08 bits per heavy atom. The summed E-state index contributed by atoms with van der Waals surface area (Å²) in [5, 5.41) is 0.819. The molecule has 0 N–H and O–H groups in total. The molecule has 0 radical (unpaired) electrons. The summed E-state index contributed by atoms with van der Waals surface area (Å²) in [6.07, 6.45) is 2.45. The lowest BCUT2D eigenvalue weighted by Gasteiger charge is -2.22. The van der Waals surface area contributed by atoms with Gasteiger partial charge < -0.3 is 9.47 Å². The van der Waals surface area contributed by atoms with E-state index >= 15 is 0 Å². The number of ether oxygens (including phenoxy) is 2. The van der Waals surface area contributed by atoms with Crippen LogP contribution in [0.15, 0.2) is 0 Å². The molecule has 0 aromatic carbocycles. The largest absolute Gasteiger partial charge is 0.381 e. The summed E-state index contributed by atoms with van der Waals surface area (Å²) in [5.74, 6) is 1.16. The average Bonchev–Trinajstić information content (AvgIpc) is 2.84. The van der Waals surface area contributed by atoms with Crippen LogP contribution in [0.25, 0.3) is 0 Å². The Morgan fingerprint density at radius 1 is 1.42 bits per heavy atom. The fraction of sp³-hybridized carbons (Fsp3) is 1.00. The lowest BCUT2D eigenvalue weighted by molar-refractivity contribution is 0.0999. The second-order valence-corrected chi connectivity index (χ2v) is 5.15. The number of hydrogen-bond acceptors (Lipinski definition) is 3. The van der Waals surface area contributed by atoms with Gasteiger partial charge in [0, 0.05) is 24.2 Å². The van der Waals surface area contributed by atoms with E-state index in [0.717, 1.165) is 30.8 Å². The van der Waals surface area contributed by atoms with Gasteiger partial charge in [-0.1, -0.05) is 0 Å². The van der Waals surface area contributed by atoms with Gasteiger partial charge in [0.25, 0.3) is 0 Å². The minimum atomic E-state index is 0.225. The molecule has 0 bridgehead atoms. The molecule has 0 amide bonds. The molecule has 2 aliphatic heterocycles. The molecule has 0 saturated carbocycles. The van der Waals surface area contributed by atoms with Gasteiger partial charge in [-0.15, -0.1) is 0 Å². The summed E-state index contributed by atoms with van der Waals surface area (Å²) < 4.78 is 10.6. The van der Waals surface area contributed by atoms with Crippen LogP contribution < -0.4 is 0 Å². The molecule has 0 aliphatic carbocycles. The fourth-order valence-electron chi connectivity index (χ4n) is 1.34. The predicted molar refractivity (Wildman–Crippen MR) is 50.7 cm³/mol. The molecule has 2 saturated heterocycles. The minimum absolute atomic E-state index is 0.225. The quantitative estimate of drug-likeness (QED) is 0.629. The first kappa shape index (κ1) is 8.85. The van der Waals surface area contributed by atoms with E-state index in [-0.39, 0.29) is 5.60 Å². The van der Waals surface area contributed by atoms with Crippen LogP contribution >= 0.6 is 11.8 Å². The van der Waals surface area contributed by atoms with Crippen molar-refractivity contribution >= 4 is 11.8 Å². The Morgan fingerprint density at radius 3 is 2.67 bits per heavy atom. The van der Waals surface area contributed by atoms with E-state index in [4.69, 9.17) is 9.47 Å². The summed E-state index contributed by atoms with van der Waals surface area (Å²) in [4.78, 5) is 0. The Kier molecular flexibility index (Phi) is 2.63. The normalized spacial score (nSPS) is 36.8. The molecule has 2 aliphatic rings. The van der Waals surface area contributed by atoms with Crippen molar-refractivity contribution in [2.24, 2.45) is 0 Å². The molecule has 12 heavy (non-hydrogen) atoms. The monoisotopic (exact) mass is 188 g/mol. The van der Waals surface area contributed by atoms with Crippen molar-refractivity contribution in [3.8, 4) is 0 Å². The van der Waals surface area contributed by atoms with E-state index in [1.807, 2.05) is 0 Å². The predicted octanol–water partition coefficient (Wildman–Crippen LogP) is 1.69. The van der Waals surface area contributed by atoms with Gasteiger partial charge >= 0.3 is 0 Å². The van der Waals surface area contributed by atoms with Crippen molar-refractivity contribution in [3.63, 3.8) is 0 Å². The smallest absolute Gasteiger partial charge is 0.0978 e. The first-order chi connectivity index (χ1) is 5.79. The van der Waals surface area contributed by atoms with E-state index in [9.17, 15) is 0 Å². The summed E-state index contributed by atoms with van der Waals surface area (Å²) >= 11 is 2.06. The summed E-state index contributed by atoms with van der Waals surface area (Å²) in [7, 11) is 0. The highest BCUT2D eigenvalue weighted by Gasteiger charge is 2.39. The van der Waals surface area contributed by atoms with E-state index in [0.29, 0.717) is 0 Å². The van der Waals surface area contributed by atoms with Gasteiger partial charge in [-0.2, -0.15) is 11.8 Å².